The highest BCUT2D eigenvalue weighted by molar-refractivity contribution is 7.85. The van der Waals surface area contributed by atoms with Gasteiger partial charge in [-0.05, 0) is 47.3 Å². The second-order valence-corrected chi connectivity index (χ2v) is 15.6. The van der Waals surface area contributed by atoms with Crippen LogP contribution >= 0.6 is 0 Å². The Bertz CT molecular complexity index is 869. The molecule has 4 nitrogen and oxygen atoms in total. The molecular formula is C36H69NO3S. The van der Waals surface area contributed by atoms with Crippen LogP contribution in [0.4, 0.5) is 0 Å². The average molecular weight is 596 g/mol. The van der Waals surface area contributed by atoms with Crippen LogP contribution < -0.4 is 0 Å². The van der Waals surface area contributed by atoms with Crippen molar-refractivity contribution in [2.45, 2.75) is 174 Å². The topological polar surface area (TPSA) is 57.2 Å². The minimum Gasteiger partial charge on any atom is -0.744 e. The van der Waals surface area contributed by atoms with Gasteiger partial charge < -0.3 is 9.04 Å². The van der Waals surface area contributed by atoms with Gasteiger partial charge in [0.2, 0.25) is 0 Å². The van der Waals surface area contributed by atoms with Gasteiger partial charge in [-0.3, -0.25) is 0 Å². The Kier molecular flexibility index (Phi) is 21.2. The summed E-state index contributed by atoms with van der Waals surface area (Å²) in [4.78, 5) is -0.0121. The van der Waals surface area contributed by atoms with E-state index in [1.807, 2.05) is 39.8 Å². The van der Waals surface area contributed by atoms with Crippen molar-refractivity contribution in [1.29, 1.82) is 0 Å². The van der Waals surface area contributed by atoms with Crippen molar-refractivity contribution >= 4 is 10.1 Å². The summed E-state index contributed by atoms with van der Waals surface area (Å²) < 4.78 is 36.0. The van der Waals surface area contributed by atoms with Crippen molar-refractivity contribution in [2.24, 2.45) is 0 Å². The summed E-state index contributed by atoms with van der Waals surface area (Å²) in [5.41, 5.74) is 2.37. The summed E-state index contributed by atoms with van der Waals surface area (Å²) in [5, 5.41) is 0. The Hall–Kier alpha value is -0.910. The fourth-order valence-electron chi connectivity index (χ4n) is 5.31. The lowest BCUT2D eigenvalue weighted by atomic mass is 9.89. The molecule has 0 unspecified atom stereocenters. The van der Waals surface area contributed by atoms with Crippen LogP contribution in [-0.2, 0) is 10.1 Å². The number of unbranched alkanes of at least 4 members (excludes halogenated alkanes) is 15. The molecule has 0 aliphatic heterocycles. The molecular weight excluding hydrogens is 526 g/mol. The fraction of sp³-hybridized carbons (Fsp3) is 0.833. The third kappa shape index (κ3) is 19.8. The lowest BCUT2D eigenvalue weighted by Crippen LogP contribution is -2.35. The summed E-state index contributed by atoms with van der Waals surface area (Å²) in [6, 6.07) is 3.73. The van der Waals surface area contributed by atoms with Gasteiger partial charge in [0.25, 0.3) is 0 Å². The molecule has 0 amide bonds. The summed E-state index contributed by atoms with van der Waals surface area (Å²) in [6.45, 7) is 15.4. The number of hydrogen-bond acceptors (Lipinski definition) is 3. The van der Waals surface area contributed by atoms with Gasteiger partial charge >= 0.3 is 0 Å². The first-order valence-corrected chi connectivity index (χ1v) is 18.5. The second-order valence-electron chi connectivity index (χ2n) is 14.3. The maximum Gasteiger partial charge on any atom is 0.124 e. The molecule has 0 atom stereocenters. The summed E-state index contributed by atoms with van der Waals surface area (Å²) in [7, 11) is 2.44. The maximum atomic E-state index is 11.6. The van der Waals surface area contributed by atoms with E-state index in [2.05, 4.69) is 41.9 Å². The van der Waals surface area contributed by atoms with Gasteiger partial charge in [0.15, 0.2) is 0 Å². The van der Waals surface area contributed by atoms with Crippen molar-refractivity contribution in [3.8, 4) is 0 Å². The highest BCUT2D eigenvalue weighted by atomic mass is 32.2. The smallest absolute Gasteiger partial charge is 0.124 e. The van der Waals surface area contributed by atoms with E-state index in [0.717, 1.165) is 10.0 Å². The van der Waals surface area contributed by atoms with Crippen LogP contribution in [0, 0.1) is 0 Å². The molecule has 0 saturated heterocycles. The van der Waals surface area contributed by atoms with Gasteiger partial charge in [0.05, 0.1) is 32.6 Å². The van der Waals surface area contributed by atoms with E-state index in [1.165, 1.54) is 109 Å². The van der Waals surface area contributed by atoms with E-state index in [9.17, 15) is 13.0 Å². The lowest BCUT2D eigenvalue weighted by molar-refractivity contribution is -0.870. The molecule has 0 aromatic heterocycles. The number of benzene rings is 1. The first kappa shape index (κ1) is 40.1. The van der Waals surface area contributed by atoms with E-state index in [1.54, 1.807) is 0 Å². The predicted molar refractivity (Wildman–Crippen MR) is 179 cm³/mol. The molecule has 0 fully saturated rings. The quantitative estimate of drug-likeness (QED) is 0.0807. The van der Waals surface area contributed by atoms with Crippen LogP contribution in [0.3, 0.4) is 0 Å². The molecule has 0 aliphatic rings. The standard InChI is InChI=1S/C21H46N.C15H24O3S/c1-5-6-7-8-9-10-11-12-13-14-15-16-17-18-19-20-21-22(2,3)4;1-9(2)12-7-13(10(3)4)15(19(16,17)18)14(8-12)11(5)6/h5-21H2,1-4H3;7-11H,1-6H3,(H,16,17,18)/q+1;/p-1. The third-order valence-corrected chi connectivity index (χ3v) is 8.98. The van der Waals surface area contributed by atoms with Crippen LogP contribution in [0.25, 0.3) is 0 Å². The van der Waals surface area contributed by atoms with Crippen molar-refractivity contribution in [1.82, 2.24) is 0 Å². The average Bonchev–Trinajstić information content (AvgIpc) is 2.86. The van der Waals surface area contributed by atoms with E-state index >= 15 is 0 Å². The van der Waals surface area contributed by atoms with Crippen molar-refractivity contribution in [3.63, 3.8) is 0 Å². The molecule has 0 aliphatic carbocycles. The highest BCUT2D eigenvalue weighted by Crippen LogP contribution is 2.34. The molecule has 0 heterocycles. The van der Waals surface area contributed by atoms with Crippen molar-refractivity contribution < 1.29 is 17.5 Å². The minimum atomic E-state index is -4.45. The SMILES string of the molecule is CC(C)c1cc(C(C)C)c(S(=O)(=O)[O-])c(C(C)C)c1.CCCCCCCCCCCCCCCCCC[N+](C)(C)C. The Balaban J connectivity index is 0.000000788. The molecule has 242 valence electrons. The highest BCUT2D eigenvalue weighted by Gasteiger charge is 2.21. The molecule has 5 heteroatoms. The molecule has 0 saturated carbocycles. The summed E-state index contributed by atoms with van der Waals surface area (Å²) in [5.74, 6) is 0.322. The second kappa shape index (κ2) is 21.7. The Morgan fingerprint density at radius 2 is 0.902 bits per heavy atom. The normalized spacial score (nSPS) is 12.3. The van der Waals surface area contributed by atoms with Crippen LogP contribution in [0.15, 0.2) is 17.0 Å². The first-order chi connectivity index (χ1) is 19.1. The summed E-state index contributed by atoms with van der Waals surface area (Å²) >= 11 is 0. The van der Waals surface area contributed by atoms with E-state index in [4.69, 9.17) is 0 Å². The Labute approximate surface area is 257 Å². The molecule has 1 aromatic rings. The zero-order valence-corrected chi connectivity index (χ0v) is 29.8. The maximum absolute atomic E-state index is 11.6. The molecule has 1 rings (SSSR count). The van der Waals surface area contributed by atoms with Gasteiger partial charge in [-0.2, -0.15) is 0 Å². The number of quaternary nitrogens is 1. The van der Waals surface area contributed by atoms with Gasteiger partial charge in [-0.15, -0.1) is 0 Å². The monoisotopic (exact) mass is 595 g/mol. The van der Waals surface area contributed by atoms with Crippen LogP contribution in [0.1, 0.15) is 186 Å². The van der Waals surface area contributed by atoms with Crippen molar-refractivity contribution in [2.75, 3.05) is 27.7 Å². The Morgan fingerprint density at radius 1 is 0.585 bits per heavy atom. The first-order valence-electron chi connectivity index (χ1n) is 17.1. The Morgan fingerprint density at radius 3 is 1.15 bits per heavy atom. The predicted octanol–water partition coefficient (Wildman–Crippen LogP) is 10.9. The van der Waals surface area contributed by atoms with E-state index in [0.29, 0.717) is 17.0 Å². The van der Waals surface area contributed by atoms with Crippen LogP contribution in [0.2, 0.25) is 0 Å². The van der Waals surface area contributed by atoms with Gasteiger partial charge in [-0.25, -0.2) is 8.42 Å². The van der Waals surface area contributed by atoms with Gasteiger partial charge in [0.1, 0.15) is 10.1 Å². The van der Waals surface area contributed by atoms with Crippen molar-refractivity contribution in [3.05, 3.63) is 28.8 Å². The molecule has 0 N–H and O–H groups in total. The van der Waals surface area contributed by atoms with Gasteiger partial charge in [0, 0.05) is 0 Å². The summed E-state index contributed by atoms with van der Waals surface area (Å²) in [6.07, 6.45) is 23.4. The molecule has 41 heavy (non-hydrogen) atoms. The zero-order chi connectivity index (χ0) is 31.5. The van der Waals surface area contributed by atoms with E-state index < -0.39 is 10.1 Å². The molecule has 1 aromatic carbocycles. The molecule has 0 spiro atoms. The largest absolute Gasteiger partial charge is 0.744 e. The molecule has 0 bridgehead atoms. The van der Waals surface area contributed by atoms with Gasteiger partial charge in [-0.1, -0.05) is 150 Å². The number of hydrogen-bond donors (Lipinski definition) is 0. The molecule has 0 radical (unpaired) electrons. The van der Waals surface area contributed by atoms with Crippen LogP contribution in [0.5, 0.6) is 0 Å². The zero-order valence-electron chi connectivity index (χ0n) is 29.0. The lowest BCUT2D eigenvalue weighted by Gasteiger charge is -2.24. The van der Waals surface area contributed by atoms with Crippen LogP contribution in [-0.4, -0.2) is 45.1 Å². The fourth-order valence-corrected chi connectivity index (χ4v) is 6.48. The third-order valence-electron chi connectivity index (χ3n) is 8.01. The number of rotatable bonds is 21. The number of nitrogens with zero attached hydrogens (tertiary/aromatic N) is 1. The minimum absolute atomic E-state index is 0.00919. The van der Waals surface area contributed by atoms with E-state index in [-0.39, 0.29) is 16.7 Å².